The molecule has 0 bridgehead atoms. The number of hydrogen-bond acceptors (Lipinski definition) is 4. The molecule has 2 aromatic carbocycles. The van der Waals surface area contributed by atoms with E-state index in [1.165, 1.54) is 36.4 Å². The van der Waals surface area contributed by atoms with Crippen LogP contribution in [0.4, 0.5) is 8.78 Å². The molecule has 26 heavy (non-hydrogen) atoms. The smallest absolute Gasteiger partial charge is 0.274 e. The summed E-state index contributed by atoms with van der Waals surface area (Å²) in [5, 5.41) is 6.49. The molecule has 5 nitrogen and oxygen atoms in total. The van der Waals surface area contributed by atoms with Gasteiger partial charge in [0.1, 0.15) is 29.8 Å². The highest BCUT2D eigenvalue weighted by Gasteiger charge is 2.20. The first kappa shape index (κ1) is 17.6. The van der Waals surface area contributed by atoms with Crippen molar-refractivity contribution in [1.82, 2.24) is 10.5 Å². The number of halogens is 2. The van der Waals surface area contributed by atoms with E-state index < -0.39 is 5.91 Å². The molecule has 134 valence electrons. The summed E-state index contributed by atoms with van der Waals surface area (Å²) in [5.41, 5.74) is 1.38. The molecule has 0 aliphatic carbocycles. The maximum absolute atomic E-state index is 12.9. The maximum Gasteiger partial charge on any atom is 0.274 e. The molecule has 1 N–H and O–H groups in total. The van der Waals surface area contributed by atoms with Gasteiger partial charge in [0.05, 0.1) is 5.56 Å². The van der Waals surface area contributed by atoms with E-state index in [4.69, 9.17) is 9.26 Å². The summed E-state index contributed by atoms with van der Waals surface area (Å²) in [7, 11) is 0. The Morgan fingerprint density at radius 3 is 2.35 bits per heavy atom. The molecule has 1 amide bonds. The fourth-order valence-corrected chi connectivity index (χ4v) is 2.29. The Hall–Kier alpha value is -3.22. The Labute approximate surface area is 148 Å². The SMILES string of the molecule is Cc1onc(C(=O)NCc2ccc(F)cc2)c1COc1ccc(F)cc1. The first-order chi connectivity index (χ1) is 12.5. The van der Waals surface area contributed by atoms with Crippen molar-refractivity contribution in [2.45, 2.75) is 20.1 Å². The second-order valence-corrected chi connectivity index (χ2v) is 5.62. The third-order valence-electron chi connectivity index (χ3n) is 3.76. The van der Waals surface area contributed by atoms with E-state index in [0.29, 0.717) is 17.1 Å². The third kappa shape index (κ3) is 4.24. The first-order valence-corrected chi connectivity index (χ1v) is 7.89. The molecule has 3 aromatic rings. The van der Waals surface area contributed by atoms with E-state index in [2.05, 4.69) is 10.5 Å². The van der Waals surface area contributed by atoms with E-state index in [1.54, 1.807) is 19.1 Å². The largest absolute Gasteiger partial charge is 0.489 e. The zero-order valence-electron chi connectivity index (χ0n) is 14.0. The number of rotatable bonds is 6. The predicted molar refractivity (Wildman–Crippen MR) is 89.5 cm³/mol. The van der Waals surface area contributed by atoms with Crippen LogP contribution >= 0.6 is 0 Å². The van der Waals surface area contributed by atoms with E-state index in [-0.39, 0.29) is 30.5 Å². The van der Waals surface area contributed by atoms with E-state index in [9.17, 15) is 13.6 Å². The highest BCUT2D eigenvalue weighted by molar-refractivity contribution is 5.93. The lowest BCUT2D eigenvalue weighted by molar-refractivity contribution is 0.0939. The number of nitrogens with zero attached hydrogens (tertiary/aromatic N) is 1. The lowest BCUT2D eigenvalue weighted by Crippen LogP contribution is -2.24. The zero-order valence-corrected chi connectivity index (χ0v) is 14.0. The number of hydrogen-bond donors (Lipinski definition) is 1. The van der Waals surface area contributed by atoms with Gasteiger partial charge in [-0.2, -0.15) is 0 Å². The van der Waals surface area contributed by atoms with Gasteiger partial charge in [-0.15, -0.1) is 0 Å². The van der Waals surface area contributed by atoms with Gasteiger partial charge in [-0.1, -0.05) is 17.3 Å². The summed E-state index contributed by atoms with van der Waals surface area (Å²) in [6.45, 7) is 1.96. The summed E-state index contributed by atoms with van der Waals surface area (Å²) < 4.78 is 36.5. The predicted octanol–water partition coefficient (Wildman–Crippen LogP) is 3.77. The molecule has 0 unspecified atom stereocenters. The minimum atomic E-state index is -0.427. The number of ether oxygens (including phenoxy) is 1. The van der Waals surface area contributed by atoms with Crippen molar-refractivity contribution in [3.05, 3.63) is 82.7 Å². The summed E-state index contributed by atoms with van der Waals surface area (Å²) in [6, 6.07) is 11.4. The van der Waals surface area contributed by atoms with Crippen molar-refractivity contribution >= 4 is 5.91 Å². The van der Waals surface area contributed by atoms with Crippen molar-refractivity contribution in [2.24, 2.45) is 0 Å². The molecule has 0 fully saturated rings. The molecule has 0 saturated heterocycles. The Balaban J connectivity index is 1.65. The lowest BCUT2D eigenvalue weighted by atomic mass is 10.2. The fraction of sp³-hybridized carbons (Fsp3) is 0.158. The standard InChI is InChI=1S/C19H16F2N2O3/c1-12-17(11-25-16-8-6-15(21)7-9-16)18(23-26-12)19(24)22-10-13-2-4-14(20)5-3-13/h2-9H,10-11H2,1H3,(H,22,24). The van der Waals surface area contributed by atoms with E-state index in [1.807, 2.05) is 0 Å². The molecule has 0 atom stereocenters. The number of benzene rings is 2. The molecule has 0 saturated carbocycles. The van der Waals surface area contributed by atoms with Crippen LogP contribution in [-0.2, 0) is 13.2 Å². The highest BCUT2D eigenvalue weighted by atomic mass is 19.1. The molecule has 0 radical (unpaired) electrons. The van der Waals surface area contributed by atoms with Crippen LogP contribution < -0.4 is 10.1 Å². The summed E-state index contributed by atoms with van der Waals surface area (Å²) in [6.07, 6.45) is 0. The second kappa shape index (κ2) is 7.77. The Morgan fingerprint density at radius 2 is 1.69 bits per heavy atom. The second-order valence-electron chi connectivity index (χ2n) is 5.62. The van der Waals surface area contributed by atoms with Crippen LogP contribution in [0.5, 0.6) is 5.75 Å². The van der Waals surface area contributed by atoms with Crippen molar-refractivity contribution in [3.8, 4) is 5.75 Å². The Bertz CT molecular complexity index is 890. The molecule has 0 spiro atoms. The third-order valence-corrected chi connectivity index (χ3v) is 3.76. The number of aromatic nitrogens is 1. The van der Waals surface area contributed by atoms with Gasteiger partial charge in [-0.05, 0) is 48.9 Å². The van der Waals surface area contributed by atoms with Gasteiger partial charge in [-0.25, -0.2) is 8.78 Å². The molecular weight excluding hydrogens is 342 g/mol. The molecule has 1 aromatic heterocycles. The van der Waals surface area contributed by atoms with Crippen molar-refractivity contribution < 1.29 is 22.8 Å². The normalized spacial score (nSPS) is 10.6. The quantitative estimate of drug-likeness (QED) is 0.729. The average Bonchev–Trinajstić information content (AvgIpc) is 3.01. The molecule has 1 heterocycles. The zero-order chi connectivity index (χ0) is 18.5. The number of amides is 1. The lowest BCUT2D eigenvalue weighted by Gasteiger charge is -2.07. The number of carbonyl (C=O) groups is 1. The Kier molecular flexibility index (Phi) is 5.26. The van der Waals surface area contributed by atoms with Gasteiger partial charge in [0.25, 0.3) is 5.91 Å². The van der Waals surface area contributed by atoms with Gasteiger partial charge >= 0.3 is 0 Å². The average molecular weight is 358 g/mol. The number of aryl methyl sites for hydroxylation is 1. The van der Waals surface area contributed by atoms with Gasteiger partial charge in [0, 0.05) is 6.54 Å². The monoisotopic (exact) mass is 358 g/mol. The van der Waals surface area contributed by atoms with Crippen LogP contribution in [-0.4, -0.2) is 11.1 Å². The van der Waals surface area contributed by atoms with Gasteiger partial charge in [0.2, 0.25) is 0 Å². The molecule has 3 rings (SSSR count). The van der Waals surface area contributed by atoms with Crippen LogP contribution in [0.2, 0.25) is 0 Å². The minimum Gasteiger partial charge on any atom is -0.489 e. The van der Waals surface area contributed by atoms with E-state index in [0.717, 1.165) is 5.56 Å². The van der Waals surface area contributed by atoms with Crippen molar-refractivity contribution in [2.75, 3.05) is 0 Å². The molecule has 0 aliphatic rings. The van der Waals surface area contributed by atoms with Crippen LogP contribution in [0.15, 0.2) is 53.1 Å². The van der Waals surface area contributed by atoms with Gasteiger partial charge < -0.3 is 14.6 Å². The maximum atomic E-state index is 12.9. The topological polar surface area (TPSA) is 64.4 Å². The van der Waals surface area contributed by atoms with Crippen LogP contribution in [0, 0.1) is 18.6 Å². The van der Waals surface area contributed by atoms with E-state index >= 15 is 0 Å². The van der Waals surface area contributed by atoms with Crippen molar-refractivity contribution in [1.29, 1.82) is 0 Å². The molecule has 0 aliphatic heterocycles. The van der Waals surface area contributed by atoms with Crippen molar-refractivity contribution in [3.63, 3.8) is 0 Å². The Morgan fingerprint density at radius 1 is 1.08 bits per heavy atom. The summed E-state index contributed by atoms with van der Waals surface area (Å²) in [5.74, 6) is -0.209. The first-order valence-electron chi connectivity index (χ1n) is 7.89. The molecular formula is C19H16F2N2O3. The van der Waals surface area contributed by atoms with Crippen LogP contribution in [0.3, 0.4) is 0 Å². The van der Waals surface area contributed by atoms with Gasteiger partial charge in [-0.3, -0.25) is 4.79 Å². The number of nitrogens with one attached hydrogen (secondary N) is 1. The van der Waals surface area contributed by atoms with Gasteiger partial charge in [0.15, 0.2) is 5.69 Å². The summed E-state index contributed by atoms with van der Waals surface area (Å²) >= 11 is 0. The highest BCUT2D eigenvalue weighted by Crippen LogP contribution is 2.18. The van der Waals surface area contributed by atoms with Crippen LogP contribution in [0.25, 0.3) is 0 Å². The minimum absolute atomic E-state index is 0.0558. The molecule has 7 heteroatoms. The summed E-state index contributed by atoms with van der Waals surface area (Å²) in [4.78, 5) is 12.4. The fourth-order valence-electron chi connectivity index (χ4n) is 2.29. The van der Waals surface area contributed by atoms with Crippen LogP contribution in [0.1, 0.15) is 27.4 Å². The number of carbonyl (C=O) groups excluding carboxylic acids is 1.